The topological polar surface area (TPSA) is 99.4 Å². The van der Waals surface area contributed by atoms with Crippen LogP contribution < -0.4 is 11.1 Å². The molecule has 0 saturated heterocycles. The van der Waals surface area contributed by atoms with Crippen molar-refractivity contribution in [1.82, 2.24) is 14.9 Å². The van der Waals surface area contributed by atoms with E-state index in [1.807, 2.05) is 49.1 Å². The van der Waals surface area contributed by atoms with Crippen LogP contribution in [-0.4, -0.2) is 39.8 Å². The molecule has 0 aliphatic carbocycles. The number of aromatic nitrogens is 2. The number of rotatable bonds is 6. The lowest BCUT2D eigenvalue weighted by molar-refractivity contribution is 0.102. The molecule has 7 heteroatoms. The first-order valence-corrected chi connectivity index (χ1v) is 8.99. The van der Waals surface area contributed by atoms with Gasteiger partial charge in [-0.05, 0) is 43.7 Å². The van der Waals surface area contributed by atoms with Gasteiger partial charge in [0.1, 0.15) is 5.65 Å². The molecule has 0 radical (unpaired) electrons. The van der Waals surface area contributed by atoms with Crippen LogP contribution in [0.1, 0.15) is 29.8 Å². The highest BCUT2D eigenvalue weighted by atomic mass is 16.1. The molecule has 0 aliphatic heterocycles. The molecule has 3 aromatic rings. The lowest BCUT2D eigenvalue weighted by Crippen LogP contribution is -2.36. The third kappa shape index (κ3) is 4.25. The third-order valence-electron chi connectivity index (χ3n) is 4.32. The number of pyridine rings is 1. The van der Waals surface area contributed by atoms with E-state index in [-0.39, 0.29) is 5.91 Å². The van der Waals surface area contributed by atoms with Crippen LogP contribution in [0, 0.1) is 0 Å². The van der Waals surface area contributed by atoms with Gasteiger partial charge in [0, 0.05) is 43.0 Å². The summed E-state index contributed by atoms with van der Waals surface area (Å²) in [6.45, 7) is 6.08. The highest BCUT2D eigenvalue weighted by Crippen LogP contribution is 2.21. The number of aromatic amines is 1. The Morgan fingerprint density at radius 3 is 2.70 bits per heavy atom. The predicted molar refractivity (Wildman–Crippen MR) is 109 cm³/mol. The molecule has 0 aliphatic rings. The van der Waals surface area contributed by atoms with Gasteiger partial charge in [-0.15, -0.1) is 0 Å². The Bertz CT molecular complexity index is 945. The Balaban J connectivity index is 1.70. The Kier molecular flexibility index (Phi) is 5.71. The van der Waals surface area contributed by atoms with Crippen molar-refractivity contribution in [3.8, 4) is 0 Å². The second kappa shape index (κ2) is 8.35. The minimum Gasteiger partial charge on any atom is -0.370 e. The van der Waals surface area contributed by atoms with E-state index in [9.17, 15) is 4.79 Å². The quantitative estimate of drug-likeness (QED) is 0.462. The second-order valence-corrected chi connectivity index (χ2v) is 6.10. The number of nitrogens with two attached hydrogens (primary N) is 1. The van der Waals surface area contributed by atoms with Crippen molar-refractivity contribution >= 4 is 28.6 Å². The van der Waals surface area contributed by atoms with Crippen LogP contribution >= 0.6 is 0 Å². The van der Waals surface area contributed by atoms with Crippen molar-refractivity contribution in [3.63, 3.8) is 0 Å². The summed E-state index contributed by atoms with van der Waals surface area (Å²) in [5, 5.41) is 3.83. The van der Waals surface area contributed by atoms with Gasteiger partial charge in [-0.1, -0.05) is 12.1 Å². The predicted octanol–water partition coefficient (Wildman–Crippen LogP) is 2.97. The van der Waals surface area contributed by atoms with Gasteiger partial charge in [0.25, 0.3) is 5.91 Å². The van der Waals surface area contributed by atoms with Crippen molar-refractivity contribution in [2.45, 2.75) is 20.4 Å². The van der Waals surface area contributed by atoms with E-state index in [0.29, 0.717) is 24.6 Å². The molecule has 4 N–H and O–H groups in total. The van der Waals surface area contributed by atoms with E-state index in [0.717, 1.165) is 28.8 Å². The van der Waals surface area contributed by atoms with Crippen molar-refractivity contribution in [2.24, 2.45) is 10.7 Å². The number of hydrogen-bond donors (Lipinski definition) is 3. The zero-order valence-corrected chi connectivity index (χ0v) is 15.6. The number of fused-ring (bicyclic) bond motifs is 1. The molecule has 1 aromatic carbocycles. The van der Waals surface area contributed by atoms with E-state index in [1.165, 1.54) is 0 Å². The summed E-state index contributed by atoms with van der Waals surface area (Å²) in [7, 11) is 0. The number of carbonyl (C=O) groups is 1. The molecule has 0 spiro atoms. The van der Waals surface area contributed by atoms with Gasteiger partial charge < -0.3 is 20.9 Å². The van der Waals surface area contributed by atoms with Crippen molar-refractivity contribution in [2.75, 3.05) is 18.4 Å². The van der Waals surface area contributed by atoms with Gasteiger partial charge in [-0.3, -0.25) is 9.79 Å². The van der Waals surface area contributed by atoms with Crippen LogP contribution in [0.15, 0.2) is 53.8 Å². The molecular weight excluding hydrogens is 340 g/mol. The maximum Gasteiger partial charge on any atom is 0.255 e. The van der Waals surface area contributed by atoms with E-state index >= 15 is 0 Å². The monoisotopic (exact) mass is 364 g/mol. The molecule has 0 saturated carbocycles. The lowest BCUT2D eigenvalue weighted by atomic mass is 10.1. The van der Waals surface area contributed by atoms with Crippen LogP contribution in [0.5, 0.6) is 0 Å². The van der Waals surface area contributed by atoms with E-state index < -0.39 is 0 Å². The fraction of sp³-hybridized carbons (Fsp3) is 0.250. The molecule has 2 aromatic heterocycles. The first kappa shape index (κ1) is 18.4. The number of nitrogens with one attached hydrogen (secondary N) is 2. The fourth-order valence-corrected chi connectivity index (χ4v) is 2.86. The molecule has 0 bridgehead atoms. The highest BCUT2D eigenvalue weighted by Gasteiger charge is 2.11. The van der Waals surface area contributed by atoms with Crippen LogP contribution in [-0.2, 0) is 6.54 Å². The van der Waals surface area contributed by atoms with Gasteiger partial charge >= 0.3 is 0 Å². The van der Waals surface area contributed by atoms with Crippen LogP contribution in [0.2, 0.25) is 0 Å². The van der Waals surface area contributed by atoms with Gasteiger partial charge in [-0.2, -0.15) is 0 Å². The molecule has 7 nitrogen and oxygen atoms in total. The van der Waals surface area contributed by atoms with Gasteiger partial charge in [-0.25, -0.2) is 4.98 Å². The molecule has 1 amide bonds. The summed E-state index contributed by atoms with van der Waals surface area (Å²) >= 11 is 0. The largest absolute Gasteiger partial charge is 0.370 e. The summed E-state index contributed by atoms with van der Waals surface area (Å²) < 4.78 is 0. The van der Waals surface area contributed by atoms with Crippen LogP contribution in [0.4, 0.5) is 5.69 Å². The molecule has 0 unspecified atom stereocenters. The summed E-state index contributed by atoms with van der Waals surface area (Å²) in [5.41, 5.74) is 9.13. The normalized spacial score (nSPS) is 11.6. The number of benzene rings is 1. The Hall–Kier alpha value is -3.35. The number of aliphatic imine (C=N–C) groups is 1. The van der Waals surface area contributed by atoms with E-state index in [2.05, 4.69) is 20.3 Å². The number of carbonyl (C=O) groups excluding carboxylic acids is 1. The summed E-state index contributed by atoms with van der Waals surface area (Å²) in [5.74, 6) is 0.379. The average Bonchev–Trinajstić information content (AvgIpc) is 3.16. The first-order valence-electron chi connectivity index (χ1n) is 8.99. The SMILES string of the molecule is CCN=C(N)N(CC)Cc1ccc(C(=O)Nc2ccnc3[nH]ccc23)cc1. The fourth-order valence-electron chi connectivity index (χ4n) is 2.86. The van der Waals surface area contributed by atoms with Gasteiger partial charge in [0.15, 0.2) is 5.96 Å². The van der Waals surface area contributed by atoms with E-state index in [1.54, 1.807) is 18.5 Å². The van der Waals surface area contributed by atoms with E-state index in [4.69, 9.17) is 5.73 Å². The van der Waals surface area contributed by atoms with Crippen LogP contribution in [0.25, 0.3) is 11.0 Å². The highest BCUT2D eigenvalue weighted by molar-refractivity contribution is 6.08. The summed E-state index contributed by atoms with van der Waals surface area (Å²) in [6, 6.07) is 11.2. The Labute approximate surface area is 158 Å². The Morgan fingerprint density at radius 2 is 2.00 bits per heavy atom. The second-order valence-electron chi connectivity index (χ2n) is 6.10. The standard InChI is InChI=1S/C20H24N6O/c1-3-22-20(21)26(4-2)13-14-5-7-15(8-6-14)19(27)25-17-10-12-24-18-16(17)9-11-23-18/h5-12H,3-4,13H2,1-2H3,(H2,21,22)(H2,23,24,25,27). The number of H-pyrrole nitrogens is 1. The summed E-state index contributed by atoms with van der Waals surface area (Å²) in [6.07, 6.45) is 3.47. The number of amides is 1. The average molecular weight is 364 g/mol. The first-order chi connectivity index (χ1) is 13.1. The summed E-state index contributed by atoms with van der Waals surface area (Å²) in [4.78, 5) is 26.1. The third-order valence-corrected chi connectivity index (χ3v) is 4.32. The molecule has 0 fully saturated rings. The van der Waals surface area contributed by atoms with Crippen molar-refractivity contribution in [3.05, 3.63) is 59.9 Å². The maximum atomic E-state index is 12.6. The van der Waals surface area contributed by atoms with Crippen molar-refractivity contribution in [1.29, 1.82) is 0 Å². The molecule has 27 heavy (non-hydrogen) atoms. The zero-order chi connectivity index (χ0) is 19.2. The Morgan fingerprint density at radius 1 is 1.22 bits per heavy atom. The zero-order valence-electron chi connectivity index (χ0n) is 15.6. The maximum absolute atomic E-state index is 12.6. The minimum absolute atomic E-state index is 0.158. The molecule has 3 rings (SSSR count). The van der Waals surface area contributed by atoms with Gasteiger partial charge in [0.2, 0.25) is 0 Å². The smallest absolute Gasteiger partial charge is 0.255 e. The number of guanidine groups is 1. The minimum atomic E-state index is -0.158. The molecular formula is C20H24N6O. The van der Waals surface area contributed by atoms with Crippen LogP contribution in [0.3, 0.4) is 0 Å². The lowest BCUT2D eigenvalue weighted by Gasteiger charge is -2.22. The number of nitrogens with zero attached hydrogens (tertiary/aromatic N) is 3. The molecule has 0 atom stereocenters. The number of hydrogen-bond acceptors (Lipinski definition) is 3. The molecule has 2 heterocycles. The van der Waals surface area contributed by atoms with Crippen molar-refractivity contribution < 1.29 is 4.79 Å². The molecule has 140 valence electrons. The number of anilines is 1. The van der Waals surface area contributed by atoms with Gasteiger partial charge in [0.05, 0.1) is 5.69 Å².